The molecular formula is C16H23NO3. The Hall–Kier alpha value is -1.84. The molecule has 0 spiro atoms. The van der Waals surface area contributed by atoms with E-state index in [1.165, 1.54) is 0 Å². The molecule has 1 atom stereocenters. The van der Waals surface area contributed by atoms with E-state index in [1.807, 2.05) is 58.0 Å². The summed E-state index contributed by atoms with van der Waals surface area (Å²) >= 11 is 0. The molecule has 1 N–H and O–H groups in total. The number of benzene rings is 1. The number of ether oxygens (including phenoxy) is 1. The van der Waals surface area contributed by atoms with Crippen LogP contribution in [0.5, 0.6) is 0 Å². The highest BCUT2D eigenvalue weighted by molar-refractivity contribution is 5.81. The second-order valence-electron chi connectivity index (χ2n) is 5.79. The molecule has 0 aliphatic heterocycles. The van der Waals surface area contributed by atoms with Crippen molar-refractivity contribution in [2.75, 3.05) is 0 Å². The fourth-order valence-corrected chi connectivity index (χ4v) is 1.75. The van der Waals surface area contributed by atoms with Gasteiger partial charge >= 0.3 is 5.97 Å². The van der Waals surface area contributed by atoms with Gasteiger partial charge in [-0.25, -0.2) is 0 Å². The van der Waals surface area contributed by atoms with Crippen molar-refractivity contribution in [1.29, 1.82) is 0 Å². The number of hydrogen-bond acceptors (Lipinski definition) is 3. The van der Waals surface area contributed by atoms with Crippen LogP contribution in [-0.2, 0) is 14.3 Å². The third kappa shape index (κ3) is 6.36. The van der Waals surface area contributed by atoms with Crippen molar-refractivity contribution in [2.24, 2.45) is 0 Å². The third-order valence-corrected chi connectivity index (χ3v) is 2.65. The number of amides is 1. The topological polar surface area (TPSA) is 55.4 Å². The molecule has 0 fully saturated rings. The van der Waals surface area contributed by atoms with Crippen LogP contribution in [0.3, 0.4) is 0 Å². The number of esters is 1. The van der Waals surface area contributed by atoms with Crippen molar-refractivity contribution in [3.05, 3.63) is 35.9 Å². The summed E-state index contributed by atoms with van der Waals surface area (Å²) in [4.78, 5) is 23.3. The number of rotatable bonds is 5. The normalized spacial score (nSPS) is 12.6. The smallest absolute Gasteiger partial charge is 0.306 e. The minimum atomic E-state index is -0.509. The average molecular weight is 277 g/mol. The molecule has 0 bridgehead atoms. The average Bonchev–Trinajstić information content (AvgIpc) is 2.35. The van der Waals surface area contributed by atoms with E-state index in [0.29, 0.717) is 0 Å². The summed E-state index contributed by atoms with van der Waals surface area (Å²) in [6.45, 7) is 7.34. The molecule has 4 heteroatoms. The van der Waals surface area contributed by atoms with Crippen LogP contribution in [0.2, 0.25) is 0 Å². The minimum Gasteiger partial charge on any atom is -0.460 e. The molecule has 1 rings (SSSR count). The van der Waals surface area contributed by atoms with Crippen LogP contribution in [0, 0.1) is 0 Å². The third-order valence-electron chi connectivity index (χ3n) is 2.65. The highest BCUT2D eigenvalue weighted by atomic mass is 16.6. The van der Waals surface area contributed by atoms with E-state index in [4.69, 9.17) is 4.74 Å². The van der Waals surface area contributed by atoms with Gasteiger partial charge in [0.15, 0.2) is 0 Å². The summed E-state index contributed by atoms with van der Waals surface area (Å²) in [5, 5.41) is 2.87. The van der Waals surface area contributed by atoms with Gasteiger partial charge in [0.25, 0.3) is 0 Å². The molecule has 1 aromatic rings. The SMILES string of the molecule is CC(NC(=O)CCC(=O)OC(C)(C)C)c1ccccc1. The van der Waals surface area contributed by atoms with Crippen molar-refractivity contribution in [2.45, 2.75) is 52.2 Å². The van der Waals surface area contributed by atoms with Gasteiger partial charge in [-0.3, -0.25) is 9.59 Å². The Labute approximate surface area is 120 Å². The first-order valence-electron chi connectivity index (χ1n) is 6.84. The van der Waals surface area contributed by atoms with Gasteiger partial charge in [0.05, 0.1) is 12.5 Å². The first-order valence-corrected chi connectivity index (χ1v) is 6.84. The molecule has 1 amide bonds. The summed E-state index contributed by atoms with van der Waals surface area (Å²) in [5.74, 6) is -0.493. The summed E-state index contributed by atoms with van der Waals surface area (Å²) in [6.07, 6.45) is 0.247. The number of carbonyl (C=O) groups is 2. The lowest BCUT2D eigenvalue weighted by atomic mass is 10.1. The lowest BCUT2D eigenvalue weighted by Crippen LogP contribution is -2.28. The van der Waals surface area contributed by atoms with Gasteiger partial charge in [0.2, 0.25) is 5.91 Å². The van der Waals surface area contributed by atoms with E-state index >= 15 is 0 Å². The van der Waals surface area contributed by atoms with Crippen LogP contribution in [0.1, 0.15) is 52.1 Å². The van der Waals surface area contributed by atoms with E-state index in [9.17, 15) is 9.59 Å². The van der Waals surface area contributed by atoms with Gasteiger partial charge in [-0.15, -0.1) is 0 Å². The highest BCUT2D eigenvalue weighted by Gasteiger charge is 2.17. The molecule has 4 nitrogen and oxygen atoms in total. The Kier molecular flexibility index (Phi) is 5.74. The molecule has 20 heavy (non-hydrogen) atoms. The summed E-state index contributed by atoms with van der Waals surface area (Å²) < 4.78 is 5.16. The van der Waals surface area contributed by atoms with Crippen molar-refractivity contribution in [3.8, 4) is 0 Å². The lowest BCUT2D eigenvalue weighted by molar-refractivity contribution is -0.155. The van der Waals surface area contributed by atoms with Crippen molar-refractivity contribution in [1.82, 2.24) is 5.32 Å². The molecule has 0 heterocycles. The molecule has 1 aromatic carbocycles. The quantitative estimate of drug-likeness (QED) is 0.842. The summed E-state index contributed by atoms with van der Waals surface area (Å²) in [6, 6.07) is 9.64. The van der Waals surface area contributed by atoms with Gasteiger partial charge in [0, 0.05) is 6.42 Å². The highest BCUT2D eigenvalue weighted by Crippen LogP contribution is 2.12. The van der Waals surface area contributed by atoms with Crippen molar-refractivity contribution < 1.29 is 14.3 Å². The molecule has 0 saturated heterocycles. The Morgan fingerprint density at radius 1 is 1.15 bits per heavy atom. The Bertz CT molecular complexity index is 449. The largest absolute Gasteiger partial charge is 0.460 e. The predicted octanol–water partition coefficient (Wildman–Crippen LogP) is 2.99. The predicted molar refractivity (Wildman–Crippen MR) is 78.1 cm³/mol. The van der Waals surface area contributed by atoms with Crippen LogP contribution in [0.4, 0.5) is 0 Å². The van der Waals surface area contributed by atoms with E-state index in [2.05, 4.69) is 5.32 Å². The van der Waals surface area contributed by atoms with Crippen LogP contribution in [0.15, 0.2) is 30.3 Å². The van der Waals surface area contributed by atoms with Gasteiger partial charge in [0.1, 0.15) is 5.60 Å². The van der Waals surface area contributed by atoms with Gasteiger partial charge < -0.3 is 10.1 Å². The Morgan fingerprint density at radius 3 is 2.30 bits per heavy atom. The molecule has 110 valence electrons. The van der Waals surface area contributed by atoms with E-state index in [1.54, 1.807) is 0 Å². The standard InChI is InChI=1S/C16H23NO3/c1-12(13-8-6-5-7-9-13)17-14(18)10-11-15(19)20-16(2,3)4/h5-9,12H,10-11H2,1-4H3,(H,17,18). The first-order chi connectivity index (χ1) is 9.28. The fourth-order valence-electron chi connectivity index (χ4n) is 1.75. The molecule has 0 aliphatic carbocycles. The van der Waals surface area contributed by atoms with Crippen molar-refractivity contribution in [3.63, 3.8) is 0 Å². The molecule has 0 aromatic heterocycles. The van der Waals surface area contributed by atoms with Crippen LogP contribution in [0.25, 0.3) is 0 Å². The molecular weight excluding hydrogens is 254 g/mol. The van der Waals surface area contributed by atoms with Crippen LogP contribution in [-0.4, -0.2) is 17.5 Å². The maximum Gasteiger partial charge on any atom is 0.306 e. The lowest BCUT2D eigenvalue weighted by Gasteiger charge is -2.19. The van der Waals surface area contributed by atoms with Crippen LogP contribution >= 0.6 is 0 Å². The second kappa shape index (κ2) is 7.08. The second-order valence-corrected chi connectivity index (χ2v) is 5.79. The van der Waals surface area contributed by atoms with Gasteiger partial charge in [-0.05, 0) is 33.3 Å². The van der Waals surface area contributed by atoms with E-state index in [0.717, 1.165) is 5.56 Å². The minimum absolute atomic E-state index is 0.0673. The van der Waals surface area contributed by atoms with Gasteiger partial charge in [-0.1, -0.05) is 30.3 Å². The zero-order valence-electron chi connectivity index (χ0n) is 12.6. The van der Waals surface area contributed by atoms with Gasteiger partial charge in [-0.2, -0.15) is 0 Å². The number of nitrogens with one attached hydrogen (secondary N) is 1. The molecule has 0 radical (unpaired) electrons. The zero-order chi connectivity index (χ0) is 15.2. The maximum absolute atomic E-state index is 11.8. The summed E-state index contributed by atoms with van der Waals surface area (Å²) in [7, 11) is 0. The summed E-state index contributed by atoms with van der Waals surface area (Å²) in [5.41, 5.74) is 0.531. The zero-order valence-corrected chi connectivity index (χ0v) is 12.6. The molecule has 0 aliphatic rings. The fraction of sp³-hybridized carbons (Fsp3) is 0.500. The Morgan fingerprint density at radius 2 is 1.75 bits per heavy atom. The van der Waals surface area contributed by atoms with Crippen molar-refractivity contribution >= 4 is 11.9 Å². The van der Waals surface area contributed by atoms with E-state index < -0.39 is 5.60 Å². The Balaban J connectivity index is 2.36. The van der Waals surface area contributed by atoms with Crippen LogP contribution < -0.4 is 5.32 Å². The molecule has 0 saturated carbocycles. The number of carbonyl (C=O) groups excluding carboxylic acids is 2. The van der Waals surface area contributed by atoms with E-state index in [-0.39, 0.29) is 30.8 Å². The number of hydrogen-bond donors (Lipinski definition) is 1. The molecule has 1 unspecified atom stereocenters. The maximum atomic E-state index is 11.8. The monoisotopic (exact) mass is 277 g/mol. The first kappa shape index (κ1) is 16.2.